The molecule has 0 radical (unpaired) electrons. The van der Waals surface area contributed by atoms with Crippen LogP contribution in [0.25, 0.3) is 0 Å². The van der Waals surface area contributed by atoms with E-state index in [0.29, 0.717) is 0 Å². The van der Waals surface area contributed by atoms with E-state index in [4.69, 9.17) is 14.2 Å². The van der Waals surface area contributed by atoms with Crippen LogP contribution in [0.4, 0.5) is 0 Å². The Morgan fingerprint density at radius 1 is 0.880 bits per heavy atom. The van der Waals surface area contributed by atoms with Crippen molar-refractivity contribution in [1.82, 2.24) is 5.32 Å². The van der Waals surface area contributed by atoms with E-state index in [1.807, 2.05) is 30.5 Å². The fourth-order valence-corrected chi connectivity index (χ4v) is 3.15. The van der Waals surface area contributed by atoms with Crippen molar-refractivity contribution in [3.63, 3.8) is 0 Å². The lowest BCUT2D eigenvalue weighted by Gasteiger charge is -2.14. The van der Waals surface area contributed by atoms with Crippen LogP contribution in [-0.2, 0) is 13.0 Å². The van der Waals surface area contributed by atoms with Gasteiger partial charge >= 0.3 is 0 Å². The SMILES string of the molecule is COc1cc(SC)c(OC)cc1CCNCc1ccccc1OC.Cl. The van der Waals surface area contributed by atoms with Gasteiger partial charge in [-0.2, -0.15) is 0 Å². The molecule has 0 unspecified atom stereocenters. The number of ether oxygens (including phenoxy) is 3. The number of nitrogens with one attached hydrogen (secondary N) is 1. The highest BCUT2D eigenvalue weighted by Crippen LogP contribution is 2.34. The van der Waals surface area contributed by atoms with E-state index in [9.17, 15) is 0 Å². The second-order valence-corrected chi connectivity index (χ2v) is 6.11. The van der Waals surface area contributed by atoms with Gasteiger partial charge in [0.15, 0.2) is 0 Å². The van der Waals surface area contributed by atoms with Crippen LogP contribution in [0.2, 0.25) is 0 Å². The maximum atomic E-state index is 5.52. The number of rotatable bonds is 9. The van der Waals surface area contributed by atoms with Gasteiger partial charge in [0.25, 0.3) is 0 Å². The van der Waals surface area contributed by atoms with Gasteiger partial charge in [-0.15, -0.1) is 24.2 Å². The Kier molecular flexibility index (Phi) is 9.57. The van der Waals surface area contributed by atoms with E-state index < -0.39 is 0 Å². The van der Waals surface area contributed by atoms with Gasteiger partial charge in [-0.3, -0.25) is 0 Å². The molecular weight excluding hydrogens is 358 g/mol. The predicted molar refractivity (Wildman–Crippen MR) is 107 cm³/mol. The lowest BCUT2D eigenvalue weighted by molar-refractivity contribution is 0.390. The van der Waals surface area contributed by atoms with Crippen molar-refractivity contribution in [3.05, 3.63) is 47.5 Å². The Labute approximate surface area is 160 Å². The molecule has 1 N–H and O–H groups in total. The number of hydrogen-bond donors (Lipinski definition) is 1. The highest BCUT2D eigenvalue weighted by molar-refractivity contribution is 7.98. The maximum Gasteiger partial charge on any atom is 0.132 e. The molecule has 4 nitrogen and oxygen atoms in total. The zero-order valence-corrected chi connectivity index (χ0v) is 16.8. The molecule has 138 valence electrons. The van der Waals surface area contributed by atoms with Gasteiger partial charge in [0.2, 0.25) is 0 Å². The number of benzene rings is 2. The minimum Gasteiger partial charge on any atom is -0.496 e. The molecule has 2 rings (SSSR count). The van der Waals surface area contributed by atoms with Gasteiger partial charge in [0, 0.05) is 12.1 Å². The van der Waals surface area contributed by atoms with Gasteiger partial charge in [-0.1, -0.05) is 18.2 Å². The smallest absolute Gasteiger partial charge is 0.132 e. The molecule has 0 aliphatic carbocycles. The number of hydrogen-bond acceptors (Lipinski definition) is 5. The molecule has 0 aromatic heterocycles. The van der Waals surface area contributed by atoms with Crippen LogP contribution < -0.4 is 19.5 Å². The molecular formula is C19H26ClNO3S. The third-order valence-electron chi connectivity index (χ3n) is 3.87. The monoisotopic (exact) mass is 383 g/mol. The topological polar surface area (TPSA) is 39.7 Å². The summed E-state index contributed by atoms with van der Waals surface area (Å²) in [6.07, 6.45) is 2.90. The number of thioether (sulfide) groups is 1. The van der Waals surface area contributed by atoms with Crippen molar-refractivity contribution in [2.24, 2.45) is 0 Å². The van der Waals surface area contributed by atoms with E-state index in [1.54, 1.807) is 33.1 Å². The zero-order chi connectivity index (χ0) is 17.4. The fraction of sp³-hybridized carbons (Fsp3) is 0.368. The average molecular weight is 384 g/mol. The van der Waals surface area contributed by atoms with Gasteiger partial charge < -0.3 is 19.5 Å². The van der Waals surface area contributed by atoms with E-state index >= 15 is 0 Å². The Morgan fingerprint density at radius 2 is 1.56 bits per heavy atom. The number of methoxy groups -OCH3 is 3. The highest BCUT2D eigenvalue weighted by atomic mass is 35.5. The van der Waals surface area contributed by atoms with Crippen LogP contribution >= 0.6 is 24.2 Å². The van der Waals surface area contributed by atoms with Gasteiger partial charge in [-0.25, -0.2) is 0 Å². The quantitative estimate of drug-likeness (QED) is 0.519. The summed E-state index contributed by atoms with van der Waals surface area (Å²) in [5.74, 6) is 2.70. The summed E-state index contributed by atoms with van der Waals surface area (Å²) in [7, 11) is 5.10. The summed E-state index contributed by atoms with van der Waals surface area (Å²) in [5, 5.41) is 3.46. The Morgan fingerprint density at radius 3 is 2.20 bits per heavy atom. The first-order valence-corrected chi connectivity index (χ1v) is 9.07. The molecule has 25 heavy (non-hydrogen) atoms. The van der Waals surface area contributed by atoms with Crippen LogP contribution in [0.5, 0.6) is 17.2 Å². The van der Waals surface area contributed by atoms with E-state index in [1.165, 1.54) is 0 Å². The molecule has 0 heterocycles. The predicted octanol–water partition coefficient (Wildman–Crippen LogP) is 4.19. The van der Waals surface area contributed by atoms with Crippen LogP contribution in [0.1, 0.15) is 11.1 Å². The molecule has 0 atom stereocenters. The Balaban J connectivity index is 0.00000312. The largest absolute Gasteiger partial charge is 0.496 e. The number of halogens is 1. The molecule has 0 fully saturated rings. The molecule has 2 aromatic rings. The summed E-state index contributed by atoms with van der Waals surface area (Å²) in [6.45, 7) is 1.61. The van der Waals surface area contributed by atoms with Crippen LogP contribution in [0.15, 0.2) is 41.3 Å². The molecule has 0 bridgehead atoms. The van der Waals surface area contributed by atoms with Crippen molar-refractivity contribution in [3.8, 4) is 17.2 Å². The van der Waals surface area contributed by atoms with Crippen molar-refractivity contribution in [2.75, 3.05) is 34.1 Å². The third-order valence-corrected chi connectivity index (χ3v) is 4.62. The normalized spacial score (nSPS) is 10.1. The highest BCUT2D eigenvalue weighted by Gasteiger charge is 2.10. The second kappa shape index (κ2) is 11.1. The van der Waals surface area contributed by atoms with E-state index in [-0.39, 0.29) is 12.4 Å². The summed E-state index contributed by atoms with van der Waals surface area (Å²) in [6, 6.07) is 12.2. The van der Waals surface area contributed by atoms with Crippen molar-refractivity contribution in [1.29, 1.82) is 0 Å². The molecule has 0 aliphatic heterocycles. The van der Waals surface area contributed by atoms with E-state index in [2.05, 4.69) is 17.4 Å². The first-order valence-electron chi connectivity index (χ1n) is 7.85. The molecule has 6 heteroatoms. The van der Waals surface area contributed by atoms with Gasteiger partial charge in [0.05, 0.1) is 26.2 Å². The Bertz CT molecular complexity index is 667. The summed E-state index contributed by atoms with van der Waals surface area (Å²) < 4.78 is 16.4. The standard InChI is InChI=1S/C19H25NO3S.ClH/c1-21-16-8-6-5-7-15(16)13-20-10-9-14-11-18(23-3)19(24-4)12-17(14)22-2;/h5-8,11-12,20H,9-10,13H2,1-4H3;1H. The average Bonchev–Trinajstić information content (AvgIpc) is 2.64. The van der Waals surface area contributed by atoms with Gasteiger partial charge in [-0.05, 0) is 43.0 Å². The lowest BCUT2D eigenvalue weighted by atomic mass is 10.1. The second-order valence-electron chi connectivity index (χ2n) is 5.26. The first-order chi connectivity index (χ1) is 11.7. The van der Waals surface area contributed by atoms with Gasteiger partial charge in [0.1, 0.15) is 17.2 Å². The maximum absolute atomic E-state index is 5.52. The lowest BCUT2D eigenvalue weighted by Crippen LogP contribution is -2.17. The minimum atomic E-state index is 0. The van der Waals surface area contributed by atoms with Crippen LogP contribution in [0, 0.1) is 0 Å². The van der Waals surface area contributed by atoms with Crippen LogP contribution in [-0.4, -0.2) is 34.1 Å². The first kappa shape index (κ1) is 21.5. The van der Waals surface area contributed by atoms with E-state index in [0.717, 1.165) is 52.8 Å². The van der Waals surface area contributed by atoms with Crippen molar-refractivity contribution >= 4 is 24.2 Å². The Hall–Kier alpha value is -1.56. The molecule has 0 amide bonds. The molecule has 0 spiro atoms. The fourth-order valence-electron chi connectivity index (χ4n) is 2.58. The van der Waals surface area contributed by atoms with Crippen LogP contribution in [0.3, 0.4) is 0 Å². The zero-order valence-electron chi connectivity index (χ0n) is 15.1. The molecule has 0 aliphatic rings. The molecule has 0 saturated carbocycles. The summed E-state index contributed by atoms with van der Waals surface area (Å²) in [4.78, 5) is 1.08. The third kappa shape index (κ3) is 5.73. The molecule has 0 saturated heterocycles. The molecule has 2 aromatic carbocycles. The number of para-hydroxylation sites is 1. The van der Waals surface area contributed by atoms with Crippen molar-refractivity contribution < 1.29 is 14.2 Å². The van der Waals surface area contributed by atoms with Crippen molar-refractivity contribution in [2.45, 2.75) is 17.9 Å². The summed E-state index contributed by atoms with van der Waals surface area (Å²) in [5.41, 5.74) is 2.29. The minimum absolute atomic E-state index is 0. The summed E-state index contributed by atoms with van der Waals surface area (Å²) >= 11 is 1.65.